The highest BCUT2D eigenvalue weighted by atomic mass is 35.5. The van der Waals surface area contributed by atoms with E-state index < -0.39 is 0 Å². The van der Waals surface area contributed by atoms with Crippen LogP contribution in [0.15, 0.2) is 54.6 Å². The summed E-state index contributed by atoms with van der Waals surface area (Å²) in [5, 5.41) is 7.82. The first kappa shape index (κ1) is 15.0. The SMILES string of the molecule is C[C@H]1Cc2ccccc2N1C(=O)c1cc(-c2ccc(Cl)cc2)n[nH]1. The molecule has 1 aromatic heterocycles. The number of aromatic nitrogens is 2. The van der Waals surface area contributed by atoms with Gasteiger partial charge < -0.3 is 4.90 Å². The van der Waals surface area contributed by atoms with Crippen molar-refractivity contribution in [3.05, 3.63) is 70.9 Å². The minimum absolute atomic E-state index is 0.0554. The van der Waals surface area contributed by atoms with E-state index in [0.717, 1.165) is 23.4 Å². The lowest BCUT2D eigenvalue weighted by Gasteiger charge is -2.21. The van der Waals surface area contributed by atoms with E-state index in [9.17, 15) is 4.79 Å². The summed E-state index contributed by atoms with van der Waals surface area (Å²) in [6, 6.07) is 17.4. The summed E-state index contributed by atoms with van der Waals surface area (Å²) in [7, 11) is 0. The highest BCUT2D eigenvalue weighted by Crippen LogP contribution is 2.33. The van der Waals surface area contributed by atoms with Gasteiger partial charge in [-0.05, 0) is 43.2 Å². The van der Waals surface area contributed by atoms with E-state index in [1.165, 1.54) is 5.56 Å². The maximum Gasteiger partial charge on any atom is 0.276 e. The second kappa shape index (κ2) is 5.80. The third-order valence-electron chi connectivity index (χ3n) is 4.37. The summed E-state index contributed by atoms with van der Waals surface area (Å²) < 4.78 is 0. The molecule has 1 amide bonds. The second-order valence-electron chi connectivity index (χ2n) is 6.03. The zero-order chi connectivity index (χ0) is 16.7. The normalized spacial score (nSPS) is 16.2. The van der Waals surface area contributed by atoms with E-state index in [-0.39, 0.29) is 11.9 Å². The summed E-state index contributed by atoms with van der Waals surface area (Å²) >= 11 is 5.92. The molecule has 0 spiro atoms. The van der Waals surface area contributed by atoms with Gasteiger partial charge in [0.2, 0.25) is 0 Å². The molecule has 1 N–H and O–H groups in total. The molecule has 2 heterocycles. The van der Waals surface area contributed by atoms with Crippen molar-refractivity contribution in [2.75, 3.05) is 4.90 Å². The number of hydrogen-bond donors (Lipinski definition) is 1. The molecule has 0 unspecified atom stereocenters. The Morgan fingerprint density at radius 3 is 2.75 bits per heavy atom. The van der Waals surface area contributed by atoms with E-state index in [1.807, 2.05) is 47.4 Å². The van der Waals surface area contributed by atoms with Gasteiger partial charge in [-0.25, -0.2) is 0 Å². The average molecular weight is 338 g/mol. The average Bonchev–Trinajstić information content (AvgIpc) is 3.19. The fraction of sp³-hybridized carbons (Fsp3) is 0.158. The fourth-order valence-corrected chi connectivity index (χ4v) is 3.33. The molecule has 4 nitrogen and oxygen atoms in total. The monoisotopic (exact) mass is 337 g/mol. The molecule has 1 aliphatic heterocycles. The number of benzene rings is 2. The molecule has 0 fully saturated rings. The first-order valence-corrected chi connectivity index (χ1v) is 8.24. The van der Waals surface area contributed by atoms with Crippen LogP contribution in [-0.2, 0) is 6.42 Å². The standard InChI is InChI=1S/C19H16ClN3O/c1-12-10-14-4-2-3-5-18(14)23(12)19(24)17-11-16(21-22-17)13-6-8-15(20)9-7-13/h2-9,11-12H,10H2,1H3,(H,21,22)/t12-/m0/s1. The summed E-state index contributed by atoms with van der Waals surface area (Å²) in [4.78, 5) is 14.8. The molecule has 2 aromatic carbocycles. The van der Waals surface area contributed by atoms with Crippen LogP contribution < -0.4 is 4.90 Å². The number of aromatic amines is 1. The number of rotatable bonds is 2. The van der Waals surface area contributed by atoms with Crippen molar-refractivity contribution in [1.29, 1.82) is 0 Å². The number of halogens is 1. The Morgan fingerprint density at radius 1 is 1.21 bits per heavy atom. The predicted molar refractivity (Wildman–Crippen MR) is 95.5 cm³/mol. The van der Waals surface area contributed by atoms with E-state index in [1.54, 1.807) is 6.07 Å². The van der Waals surface area contributed by atoms with Gasteiger partial charge in [-0.1, -0.05) is 41.9 Å². The number of carbonyl (C=O) groups excluding carboxylic acids is 1. The van der Waals surface area contributed by atoms with Crippen LogP contribution in [0, 0.1) is 0 Å². The largest absolute Gasteiger partial charge is 0.304 e. The number of nitrogens with one attached hydrogen (secondary N) is 1. The Hall–Kier alpha value is -2.59. The summed E-state index contributed by atoms with van der Waals surface area (Å²) in [5.74, 6) is -0.0554. The van der Waals surface area contributed by atoms with Crippen LogP contribution in [0.5, 0.6) is 0 Å². The number of para-hydroxylation sites is 1. The molecule has 1 atom stereocenters. The predicted octanol–water partition coefficient (Wildman–Crippen LogP) is 4.32. The number of anilines is 1. The number of fused-ring (bicyclic) bond motifs is 1. The summed E-state index contributed by atoms with van der Waals surface area (Å²) in [6.45, 7) is 2.06. The molecule has 24 heavy (non-hydrogen) atoms. The fourth-order valence-electron chi connectivity index (χ4n) is 3.20. The van der Waals surface area contributed by atoms with Gasteiger partial charge in [0.25, 0.3) is 5.91 Å². The smallest absolute Gasteiger partial charge is 0.276 e. The minimum atomic E-state index is -0.0554. The van der Waals surface area contributed by atoms with Crippen LogP contribution in [0.1, 0.15) is 23.0 Å². The number of carbonyl (C=O) groups is 1. The number of H-pyrrole nitrogens is 1. The highest BCUT2D eigenvalue weighted by molar-refractivity contribution is 6.30. The van der Waals surface area contributed by atoms with Crippen LogP contribution in [0.2, 0.25) is 5.02 Å². The summed E-state index contributed by atoms with van der Waals surface area (Å²) in [6.07, 6.45) is 0.875. The Balaban J connectivity index is 1.65. The molecule has 0 saturated carbocycles. The Labute approximate surface area is 145 Å². The zero-order valence-corrected chi connectivity index (χ0v) is 13.9. The summed E-state index contributed by atoms with van der Waals surface area (Å²) in [5.41, 5.74) is 4.33. The quantitative estimate of drug-likeness (QED) is 0.757. The van der Waals surface area contributed by atoms with Crippen molar-refractivity contribution in [2.24, 2.45) is 0 Å². The van der Waals surface area contributed by atoms with Crippen molar-refractivity contribution in [3.63, 3.8) is 0 Å². The Kier molecular flexibility index (Phi) is 3.62. The van der Waals surface area contributed by atoms with Gasteiger partial charge >= 0.3 is 0 Å². The van der Waals surface area contributed by atoms with Crippen LogP contribution in [0.3, 0.4) is 0 Å². The lowest BCUT2D eigenvalue weighted by molar-refractivity contribution is 0.0976. The Morgan fingerprint density at radius 2 is 1.96 bits per heavy atom. The molecular formula is C19H16ClN3O. The van der Waals surface area contributed by atoms with Crippen molar-refractivity contribution in [1.82, 2.24) is 10.2 Å². The first-order chi connectivity index (χ1) is 11.6. The lowest BCUT2D eigenvalue weighted by Crippen LogP contribution is -2.35. The van der Waals surface area contributed by atoms with E-state index in [2.05, 4.69) is 23.2 Å². The van der Waals surface area contributed by atoms with Crippen LogP contribution in [0.4, 0.5) is 5.69 Å². The molecule has 1 aliphatic rings. The van der Waals surface area contributed by atoms with Gasteiger partial charge in [0.05, 0.1) is 5.69 Å². The van der Waals surface area contributed by atoms with Crippen molar-refractivity contribution in [3.8, 4) is 11.3 Å². The molecule has 5 heteroatoms. The maximum absolute atomic E-state index is 13.0. The van der Waals surface area contributed by atoms with Crippen LogP contribution >= 0.6 is 11.6 Å². The van der Waals surface area contributed by atoms with Crippen LogP contribution in [-0.4, -0.2) is 22.1 Å². The topological polar surface area (TPSA) is 49.0 Å². The molecule has 3 aromatic rings. The van der Waals surface area contributed by atoms with Gasteiger partial charge in [0.1, 0.15) is 5.69 Å². The molecule has 0 radical (unpaired) electrons. The van der Waals surface area contributed by atoms with E-state index >= 15 is 0 Å². The lowest BCUT2D eigenvalue weighted by atomic mass is 10.1. The van der Waals surface area contributed by atoms with Gasteiger partial charge in [-0.2, -0.15) is 5.10 Å². The van der Waals surface area contributed by atoms with E-state index in [0.29, 0.717) is 10.7 Å². The number of hydrogen-bond acceptors (Lipinski definition) is 2. The number of amides is 1. The third-order valence-corrected chi connectivity index (χ3v) is 4.63. The first-order valence-electron chi connectivity index (χ1n) is 7.86. The molecular weight excluding hydrogens is 322 g/mol. The molecule has 0 aliphatic carbocycles. The van der Waals surface area contributed by atoms with Gasteiger partial charge in [0.15, 0.2) is 0 Å². The van der Waals surface area contributed by atoms with Crippen LogP contribution in [0.25, 0.3) is 11.3 Å². The van der Waals surface area contributed by atoms with Gasteiger partial charge in [-0.3, -0.25) is 9.89 Å². The van der Waals surface area contributed by atoms with Gasteiger partial charge in [-0.15, -0.1) is 0 Å². The zero-order valence-electron chi connectivity index (χ0n) is 13.2. The van der Waals surface area contributed by atoms with Crippen molar-refractivity contribution in [2.45, 2.75) is 19.4 Å². The maximum atomic E-state index is 13.0. The Bertz CT molecular complexity index is 901. The molecule has 0 saturated heterocycles. The van der Waals surface area contributed by atoms with Gasteiger partial charge in [0, 0.05) is 22.3 Å². The van der Waals surface area contributed by atoms with E-state index in [4.69, 9.17) is 11.6 Å². The number of nitrogens with zero attached hydrogens (tertiary/aromatic N) is 2. The molecule has 4 rings (SSSR count). The molecule has 120 valence electrons. The van der Waals surface area contributed by atoms with Crippen molar-refractivity contribution < 1.29 is 4.79 Å². The van der Waals surface area contributed by atoms with Crippen molar-refractivity contribution >= 4 is 23.2 Å². The second-order valence-corrected chi connectivity index (χ2v) is 6.47. The highest BCUT2D eigenvalue weighted by Gasteiger charge is 2.32. The third kappa shape index (κ3) is 2.49. The minimum Gasteiger partial charge on any atom is -0.304 e. The molecule has 0 bridgehead atoms.